The summed E-state index contributed by atoms with van der Waals surface area (Å²) >= 11 is 0. The van der Waals surface area contributed by atoms with Crippen molar-refractivity contribution in [2.75, 3.05) is 6.61 Å². The molecule has 0 fully saturated rings. The smallest absolute Gasteiger partial charge is 0.458 e. The van der Waals surface area contributed by atoms with Crippen LogP contribution in [0.5, 0.6) is 0 Å². The lowest BCUT2D eigenvalue weighted by Gasteiger charge is -2.19. The maximum Gasteiger partial charge on any atom is 0.458 e. The topological polar surface area (TPSA) is 55.8 Å². The Labute approximate surface area is 90.4 Å². The minimum Gasteiger partial charge on any atom is -0.466 e. The van der Waals surface area contributed by atoms with Gasteiger partial charge in [-0.1, -0.05) is 25.5 Å². The highest BCUT2D eigenvalue weighted by molar-refractivity contribution is 6.43. The Hall–Kier alpha value is -0.805. The van der Waals surface area contributed by atoms with Gasteiger partial charge in [0.2, 0.25) is 0 Å². The fourth-order valence-corrected chi connectivity index (χ4v) is 1.32. The molecule has 5 heteroatoms. The summed E-state index contributed by atoms with van der Waals surface area (Å²) in [6.45, 7) is 2.51. The summed E-state index contributed by atoms with van der Waals surface area (Å²) in [5.41, 5.74) is 0. The highest BCUT2D eigenvalue weighted by Crippen LogP contribution is 2.12. The minimum atomic E-state index is -0.788. The van der Waals surface area contributed by atoms with Gasteiger partial charge in [-0.3, -0.25) is 4.79 Å². The summed E-state index contributed by atoms with van der Waals surface area (Å²) in [4.78, 5) is 11.3. The molecule has 0 aromatic rings. The molecule has 0 spiro atoms. The van der Waals surface area contributed by atoms with Crippen LogP contribution in [0.2, 0.25) is 6.32 Å². The average Bonchev–Trinajstić information content (AvgIpc) is 2.18. The number of rotatable bonds is 5. The third kappa shape index (κ3) is 5.00. The fourth-order valence-electron chi connectivity index (χ4n) is 1.32. The molecule has 4 nitrogen and oxygen atoms in total. The van der Waals surface area contributed by atoms with Crippen LogP contribution in [-0.2, 0) is 14.2 Å². The predicted molar refractivity (Wildman–Crippen MR) is 57.3 cm³/mol. The molecular formula is C10H17BO4. The number of esters is 1. The SMILES string of the molecule is CCCCOC(=O)CC1C=CCB(O)O1. The van der Waals surface area contributed by atoms with Crippen LogP contribution in [0.1, 0.15) is 26.2 Å². The molecule has 84 valence electrons. The molecule has 1 N–H and O–H groups in total. The highest BCUT2D eigenvalue weighted by Gasteiger charge is 2.23. The molecule has 0 saturated carbocycles. The summed E-state index contributed by atoms with van der Waals surface area (Å²) in [6.07, 6.45) is 5.81. The second-order valence-corrected chi connectivity index (χ2v) is 3.57. The molecule has 1 aliphatic rings. The Kier molecular flexibility index (Phi) is 5.43. The van der Waals surface area contributed by atoms with E-state index in [0.29, 0.717) is 12.9 Å². The average molecular weight is 212 g/mol. The molecule has 1 unspecified atom stereocenters. The van der Waals surface area contributed by atoms with Crippen LogP contribution in [0.4, 0.5) is 0 Å². The van der Waals surface area contributed by atoms with Gasteiger partial charge in [-0.15, -0.1) is 0 Å². The van der Waals surface area contributed by atoms with Crippen LogP contribution < -0.4 is 0 Å². The normalized spacial score (nSPS) is 20.4. The lowest BCUT2D eigenvalue weighted by atomic mass is 9.82. The first-order valence-corrected chi connectivity index (χ1v) is 5.38. The molecule has 0 aromatic heterocycles. The van der Waals surface area contributed by atoms with E-state index < -0.39 is 7.12 Å². The maximum atomic E-state index is 11.3. The van der Waals surface area contributed by atoms with E-state index in [0.717, 1.165) is 12.8 Å². The largest absolute Gasteiger partial charge is 0.466 e. The molecule has 15 heavy (non-hydrogen) atoms. The first-order valence-electron chi connectivity index (χ1n) is 5.38. The van der Waals surface area contributed by atoms with Gasteiger partial charge in [0, 0.05) is 6.32 Å². The monoisotopic (exact) mass is 212 g/mol. The first-order chi connectivity index (χ1) is 7.22. The van der Waals surface area contributed by atoms with Gasteiger partial charge in [0.15, 0.2) is 0 Å². The van der Waals surface area contributed by atoms with Gasteiger partial charge in [-0.2, -0.15) is 0 Å². The molecule has 0 aliphatic carbocycles. The lowest BCUT2D eigenvalue weighted by Crippen LogP contribution is -2.29. The summed E-state index contributed by atoms with van der Waals surface area (Å²) < 4.78 is 10.1. The molecule has 1 aliphatic heterocycles. The number of carbonyl (C=O) groups is 1. The van der Waals surface area contributed by atoms with Crippen molar-refractivity contribution in [1.29, 1.82) is 0 Å². The van der Waals surface area contributed by atoms with E-state index >= 15 is 0 Å². The van der Waals surface area contributed by atoms with Gasteiger partial charge in [-0.05, 0) is 6.42 Å². The standard InChI is InChI=1S/C10H17BO4/c1-2-3-7-14-10(12)8-9-5-4-6-11(13)15-9/h4-5,9,13H,2-3,6-8H2,1H3. The van der Waals surface area contributed by atoms with Crippen LogP contribution in [0.25, 0.3) is 0 Å². The zero-order chi connectivity index (χ0) is 11.1. The number of hydrogen-bond acceptors (Lipinski definition) is 4. The van der Waals surface area contributed by atoms with Gasteiger partial charge in [0.05, 0.1) is 19.1 Å². The Morgan fingerprint density at radius 1 is 1.73 bits per heavy atom. The van der Waals surface area contributed by atoms with Gasteiger partial charge >= 0.3 is 13.1 Å². The van der Waals surface area contributed by atoms with Gasteiger partial charge in [0.1, 0.15) is 0 Å². The summed E-state index contributed by atoms with van der Waals surface area (Å²) in [7, 11) is -0.788. The summed E-state index contributed by atoms with van der Waals surface area (Å²) in [5, 5.41) is 9.18. The van der Waals surface area contributed by atoms with Crippen molar-refractivity contribution in [3.63, 3.8) is 0 Å². The number of hydrogen-bond donors (Lipinski definition) is 1. The van der Waals surface area contributed by atoms with Gasteiger partial charge in [0.25, 0.3) is 0 Å². The molecule has 0 amide bonds. The zero-order valence-electron chi connectivity index (χ0n) is 9.02. The highest BCUT2D eigenvalue weighted by atomic mass is 16.5. The third-order valence-electron chi connectivity index (χ3n) is 2.15. The number of allylic oxidation sites excluding steroid dienone is 1. The lowest BCUT2D eigenvalue weighted by molar-refractivity contribution is -0.145. The summed E-state index contributed by atoms with van der Waals surface area (Å²) in [5.74, 6) is -0.271. The Morgan fingerprint density at radius 3 is 3.20 bits per heavy atom. The van der Waals surface area contributed by atoms with Crippen LogP contribution in [0.15, 0.2) is 12.2 Å². The van der Waals surface area contributed by atoms with Crippen molar-refractivity contribution in [3.8, 4) is 0 Å². The van der Waals surface area contributed by atoms with Crippen molar-refractivity contribution < 1.29 is 19.2 Å². The van der Waals surface area contributed by atoms with Gasteiger partial charge < -0.3 is 14.4 Å². The zero-order valence-corrected chi connectivity index (χ0v) is 9.02. The number of ether oxygens (including phenoxy) is 1. The Morgan fingerprint density at radius 2 is 2.53 bits per heavy atom. The third-order valence-corrected chi connectivity index (χ3v) is 2.15. The van der Waals surface area contributed by atoms with Crippen LogP contribution in [0.3, 0.4) is 0 Å². The van der Waals surface area contributed by atoms with E-state index in [1.807, 2.05) is 13.0 Å². The van der Waals surface area contributed by atoms with E-state index in [9.17, 15) is 9.82 Å². The Balaban J connectivity index is 2.19. The molecule has 0 saturated heterocycles. The molecular weight excluding hydrogens is 195 g/mol. The van der Waals surface area contributed by atoms with Crippen molar-refractivity contribution in [1.82, 2.24) is 0 Å². The van der Waals surface area contributed by atoms with Gasteiger partial charge in [-0.25, -0.2) is 0 Å². The minimum absolute atomic E-state index is 0.178. The van der Waals surface area contributed by atoms with Crippen LogP contribution in [0, 0.1) is 0 Å². The second kappa shape index (κ2) is 6.64. The molecule has 1 atom stereocenters. The molecule has 0 radical (unpaired) electrons. The maximum absolute atomic E-state index is 11.3. The van der Waals surface area contributed by atoms with E-state index in [-0.39, 0.29) is 18.5 Å². The first kappa shape index (κ1) is 12.3. The van der Waals surface area contributed by atoms with Crippen molar-refractivity contribution in [3.05, 3.63) is 12.2 Å². The van der Waals surface area contributed by atoms with Crippen molar-refractivity contribution in [2.24, 2.45) is 0 Å². The van der Waals surface area contributed by atoms with E-state index in [1.165, 1.54) is 0 Å². The van der Waals surface area contributed by atoms with E-state index in [4.69, 9.17) is 9.39 Å². The molecule has 0 bridgehead atoms. The molecule has 1 rings (SSSR count). The molecule has 0 aromatic carbocycles. The Bertz CT molecular complexity index is 229. The van der Waals surface area contributed by atoms with E-state index in [1.54, 1.807) is 6.08 Å². The second-order valence-electron chi connectivity index (χ2n) is 3.57. The fraction of sp³-hybridized carbons (Fsp3) is 0.700. The number of carbonyl (C=O) groups excluding carboxylic acids is 1. The molecule has 1 heterocycles. The van der Waals surface area contributed by atoms with Crippen molar-refractivity contribution >= 4 is 13.1 Å². The van der Waals surface area contributed by atoms with E-state index in [2.05, 4.69) is 0 Å². The van der Waals surface area contributed by atoms with Crippen LogP contribution in [-0.4, -0.2) is 30.8 Å². The van der Waals surface area contributed by atoms with Crippen LogP contribution >= 0.6 is 0 Å². The predicted octanol–water partition coefficient (Wildman–Crippen LogP) is 1.16. The van der Waals surface area contributed by atoms with Crippen molar-refractivity contribution in [2.45, 2.75) is 38.6 Å². The summed E-state index contributed by atoms with van der Waals surface area (Å²) in [6, 6.07) is 0. The quantitative estimate of drug-likeness (QED) is 0.321. The number of unbranched alkanes of at least 4 members (excludes halogenated alkanes) is 1.